The maximum absolute atomic E-state index is 12.1. The van der Waals surface area contributed by atoms with Gasteiger partial charge in [-0.2, -0.15) is 0 Å². The molecule has 0 atom stereocenters. The van der Waals surface area contributed by atoms with E-state index < -0.39 is 0 Å². The highest BCUT2D eigenvalue weighted by atomic mass is 35.5. The molecule has 8 heteroatoms. The molecule has 0 saturated heterocycles. The number of rotatable bonds is 6. The van der Waals surface area contributed by atoms with Crippen LogP contribution in [0, 0.1) is 6.92 Å². The number of nitrogens with zero attached hydrogens (tertiary/aromatic N) is 1. The number of halogens is 3. The Hall–Kier alpha value is -1.79. The predicted octanol–water partition coefficient (Wildman–Crippen LogP) is 4.46. The van der Waals surface area contributed by atoms with Crippen molar-refractivity contribution >= 4 is 58.0 Å². The van der Waals surface area contributed by atoms with Crippen molar-refractivity contribution < 1.29 is 9.59 Å². The largest absolute Gasteiger partial charge is 0.325 e. The molecule has 2 rings (SSSR count). The van der Waals surface area contributed by atoms with E-state index in [1.165, 1.54) is 0 Å². The molecule has 2 aromatic rings. The number of para-hydroxylation sites is 1. The van der Waals surface area contributed by atoms with Crippen LogP contribution in [-0.2, 0) is 9.59 Å². The summed E-state index contributed by atoms with van der Waals surface area (Å²) in [7, 11) is 1.66. The standard InChI is InChI=1S/C18H18Cl3N3O2/c1-11-6-7-12(8-15(11)21)22-16(25)9-24(2)10-17(26)23-18-13(19)4-3-5-14(18)20/h3-8H,9-10H2,1-2H3,(H,22,25)(H,23,26). The van der Waals surface area contributed by atoms with Crippen LogP contribution < -0.4 is 10.6 Å². The smallest absolute Gasteiger partial charge is 0.238 e. The molecule has 0 radical (unpaired) electrons. The lowest BCUT2D eigenvalue weighted by Gasteiger charge is -2.17. The van der Waals surface area contributed by atoms with Crippen LogP contribution in [0.4, 0.5) is 11.4 Å². The number of carbonyl (C=O) groups is 2. The SMILES string of the molecule is Cc1ccc(NC(=O)CN(C)CC(=O)Nc2c(Cl)cccc2Cl)cc1Cl. The van der Waals surface area contributed by atoms with Gasteiger partial charge in [0, 0.05) is 10.7 Å². The first kappa shape index (κ1) is 20.5. The first-order valence-electron chi connectivity index (χ1n) is 7.74. The minimum Gasteiger partial charge on any atom is -0.325 e. The summed E-state index contributed by atoms with van der Waals surface area (Å²) in [5, 5.41) is 6.67. The number of amides is 2. The Morgan fingerprint density at radius 3 is 2.08 bits per heavy atom. The van der Waals surface area contributed by atoms with E-state index in [9.17, 15) is 9.59 Å². The van der Waals surface area contributed by atoms with Crippen molar-refractivity contribution in [2.45, 2.75) is 6.92 Å². The highest BCUT2D eigenvalue weighted by molar-refractivity contribution is 6.39. The molecule has 2 N–H and O–H groups in total. The fourth-order valence-electron chi connectivity index (χ4n) is 2.21. The Kier molecular flexibility index (Phi) is 7.29. The lowest BCUT2D eigenvalue weighted by molar-refractivity contribution is -0.119. The van der Waals surface area contributed by atoms with Crippen LogP contribution in [0.3, 0.4) is 0 Å². The van der Waals surface area contributed by atoms with Crippen LogP contribution in [0.25, 0.3) is 0 Å². The van der Waals surface area contributed by atoms with Crippen molar-refractivity contribution in [1.82, 2.24) is 4.90 Å². The Morgan fingerprint density at radius 2 is 1.50 bits per heavy atom. The first-order chi connectivity index (χ1) is 12.3. The van der Waals surface area contributed by atoms with Gasteiger partial charge >= 0.3 is 0 Å². The van der Waals surface area contributed by atoms with Crippen LogP contribution in [-0.4, -0.2) is 36.9 Å². The normalized spacial score (nSPS) is 10.7. The molecule has 0 bridgehead atoms. The van der Waals surface area contributed by atoms with E-state index in [1.807, 2.05) is 13.0 Å². The molecule has 0 aliphatic carbocycles. The van der Waals surface area contributed by atoms with Gasteiger partial charge in [0.1, 0.15) is 0 Å². The van der Waals surface area contributed by atoms with Gasteiger partial charge in [0.25, 0.3) is 0 Å². The van der Waals surface area contributed by atoms with Crippen molar-refractivity contribution in [2.24, 2.45) is 0 Å². The number of likely N-dealkylation sites (N-methyl/N-ethyl adjacent to an activating group) is 1. The quantitative estimate of drug-likeness (QED) is 0.733. The van der Waals surface area contributed by atoms with Gasteiger partial charge in [-0.25, -0.2) is 0 Å². The summed E-state index contributed by atoms with van der Waals surface area (Å²) in [6.07, 6.45) is 0. The van der Waals surface area contributed by atoms with Crippen molar-refractivity contribution in [3.63, 3.8) is 0 Å². The van der Waals surface area contributed by atoms with E-state index in [0.29, 0.717) is 26.4 Å². The summed E-state index contributed by atoms with van der Waals surface area (Å²) in [6, 6.07) is 10.2. The van der Waals surface area contributed by atoms with Gasteiger partial charge in [0.05, 0.1) is 28.8 Å². The maximum Gasteiger partial charge on any atom is 0.238 e. The Balaban J connectivity index is 1.87. The Morgan fingerprint density at radius 1 is 0.923 bits per heavy atom. The summed E-state index contributed by atoms with van der Waals surface area (Å²) in [5.74, 6) is -0.579. The summed E-state index contributed by atoms with van der Waals surface area (Å²) in [4.78, 5) is 25.8. The molecule has 0 heterocycles. The minimum atomic E-state index is -0.325. The van der Waals surface area contributed by atoms with E-state index in [4.69, 9.17) is 34.8 Å². The number of carbonyl (C=O) groups excluding carboxylic acids is 2. The molecule has 5 nitrogen and oxygen atoms in total. The molecular weight excluding hydrogens is 397 g/mol. The average Bonchev–Trinajstić information content (AvgIpc) is 2.54. The second-order valence-electron chi connectivity index (χ2n) is 5.83. The van der Waals surface area contributed by atoms with E-state index in [2.05, 4.69) is 10.6 Å². The molecule has 138 valence electrons. The average molecular weight is 415 g/mol. The molecule has 2 amide bonds. The first-order valence-corrected chi connectivity index (χ1v) is 8.88. The summed E-state index contributed by atoms with van der Waals surface area (Å²) >= 11 is 18.1. The van der Waals surface area contributed by atoms with E-state index in [0.717, 1.165) is 5.56 Å². The fraction of sp³-hybridized carbons (Fsp3) is 0.222. The predicted molar refractivity (Wildman–Crippen MR) is 107 cm³/mol. The molecule has 0 aliphatic heterocycles. The summed E-state index contributed by atoms with van der Waals surface area (Å²) < 4.78 is 0. The maximum atomic E-state index is 12.1. The van der Waals surface area contributed by atoms with Gasteiger partial charge in [-0.15, -0.1) is 0 Å². The molecule has 2 aromatic carbocycles. The van der Waals surface area contributed by atoms with Crippen LogP contribution in [0.15, 0.2) is 36.4 Å². The molecule has 0 fully saturated rings. The number of hydrogen-bond donors (Lipinski definition) is 2. The molecule has 0 aliphatic rings. The molecule has 0 spiro atoms. The second-order valence-corrected chi connectivity index (χ2v) is 7.05. The lowest BCUT2D eigenvalue weighted by Crippen LogP contribution is -2.36. The van der Waals surface area contributed by atoms with Gasteiger partial charge in [-0.05, 0) is 43.8 Å². The van der Waals surface area contributed by atoms with Gasteiger partial charge < -0.3 is 10.6 Å². The third-order valence-electron chi connectivity index (χ3n) is 3.51. The minimum absolute atomic E-state index is 0.00360. The zero-order valence-electron chi connectivity index (χ0n) is 14.3. The highest BCUT2D eigenvalue weighted by Gasteiger charge is 2.14. The van der Waals surface area contributed by atoms with Crippen LogP contribution in [0.1, 0.15) is 5.56 Å². The Labute approximate surface area is 167 Å². The zero-order valence-corrected chi connectivity index (χ0v) is 16.5. The van der Waals surface area contributed by atoms with E-state index in [-0.39, 0.29) is 24.9 Å². The second kappa shape index (κ2) is 9.24. The van der Waals surface area contributed by atoms with Crippen molar-refractivity contribution in [3.8, 4) is 0 Å². The van der Waals surface area contributed by atoms with Crippen molar-refractivity contribution in [2.75, 3.05) is 30.8 Å². The number of hydrogen-bond acceptors (Lipinski definition) is 3. The van der Waals surface area contributed by atoms with E-state index in [1.54, 1.807) is 42.3 Å². The lowest BCUT2D eigenvalue weighted by atomic mass is 10.2. The van der Waals surface area contributed by atoms with Gasteiger partial charge in [0.15, 0.2) is 0 Å². The van der Waals surface area contributed by atoms with Crippen LogP contribution >= 0.6 is 34.8 Å². The van der Waals surface area contributed by atoms with Crippen LogP contribution in [0.2, 0.25) is 15.1 Å². The zero-order chi connectivity index (χ0) is 19.3. The summed E-state index contributed by atoms with van der Waals surface area (Å²) in [5.41, 5.74) is 1.89. The van der Waals surface area contributed by atoms with Gasteiger partial charge in [-0.3, -0.25) is 14.5 Å². The number of aryl methyl sites for hydroxylation is 1. The van der Waals surface area contributed by atoms with Crippen molar-refractivity contribution in [3.05, 3.63) is 57.0 Å². The Bertz CT molecular complexity index is 807. The molecular formula is C18H18Cl3N3O2. The monoisotopic (exact) mass is 413 g/mol. The molecule has 26 heavy (non-hydrogen) atoms. The molecule has 0 saturated carbocycles. The van der Waals surface area contributed by atoms with Crippen molar-refractivity contribution in [1.29, 1.82) is 0 Å². The third kappa shape index (κ3) is 5.88. The number of benzene rings is 2. The van der Waals surface area contributed by atoms with Gasteiger partial charge in [-0.1, -0.05) is 46.9 Å². The van der Waals surface area contributed by atoms with Gasteiger partial charge in [0.2, 0.25) is 11.8 Å². The van der Waals surface area contributed by atoms with Crippen LogP contribution in [0.5, 0.6) is 0 Å². The fourth-order valence-corrected chi connectivity index (χ4v) is 2.89. The topological polar surface area (TPSA) is 61.4 Å². The molecule has 0 unspecified atom stereocenters. The van der Waals surface area contributed by atoms with E-state index >= 15 is 0 Å². The number of nitrogens with one attached hydrogen (secondary N) is 2. The molecule has 0 aromatic heterocycles. The number of anilines is 2. The summed E-state index contributed by atoms with van der Waals surface area (Å²) in [6.45, 7) is 1.92. The third-order valence-corrected chi connectivity index (χ3v) is 4.55. The highest BCUT2D eigenvalue weighted by Crippen LogP contribution is 2.29.